The van der Waals surface area contributed by atoms with Crippen molar-refractivity contribution in [1.29, 1.82) is 0 Å². The van der Waals surface area contributed by atoms with Crippen LogP contribution in [0.2, 0.25) is 0 Å². The molecule has 0 saturated carbocycles. The van der Waals surface area contributed by atoms with Gasteiger partial charge in [-0.3, -0.25) is 9.59 Å². The normalized spacial score (nSPS) is 20.4. The van der Waals surface area contributed by atoms with E-state index in [1.165, 1.54) is 25.9 Å². The summed E-state index contributed by atoms with van der Waals surface area (Å²) in [6.45, 7) is 7.04. The number of anilines is 1. The van der Waals surface area contributed by atoms with Gasteiger partial charge in [-0.25, -0.2) is 0 Å². The maximum Gasteiger partial charge on any atom is 0.256 e. The predicted molar refractivity (Wildman–Crippen MR) is 151 cm³/mol. The van der Waals surface area contributed by atoms with Gasteiger partial charge in [0, 0.05) is 51.7 Å². The molecule has 7 heteroatoms. The lowest BCUT2D eigenvalue weighted by Crippen LogP contribution is -2.40. The zero-order valence-corrected chi connectivity index (χ0v) is 22.6. The second-order valence-electron chi connectivity index (χ2n) is 10.3. The van der Waals surface area contributed by atoms with E-state index in [9.17, 15) is 9.59 Å². The summed E-state index contributed by atoms with van der Waals surface area (Å²) in [5.41, 5.74) is 6.59. The van der Waals surface area contributed by atoms with Crippen LogP contribution in [0, 0.1) is 0 Å². The third kappa shape index (κ3) is 4.55. The average molecular weight is 560 g/mol. The van der Waals surface area contributed by atoms with Crippen LogP contribution in [0.1, 0.15) is 59.4 Å². The third-order valence-corrected chi connectivity index (χ3v) is 8.26. The van der Waals surface area contributed by atoms with Crippen LogP contribution in [0.25, 0.3) is 22.8 Å². The number of hydrogen-bond acceptors (Lipinski definition) is 3. The summed E-state index contributed by atoms with van der Waals surface area (Å²) in [4.78, 5) is 35.0. The van der Waals surface area contributed by atoms with Gasteiger partial charge in [0.1, 0.15) is 0 Å². The maximum absolute atomic E-state index is 13.9. The molecule has 3 aliphatic heterocycles. The molecule has 3 aliphatic rings. The van der Waals surface area contributed by atoms with Gasteiger partial charge in [0.25, 0.3) is 11.8 Å². The minimum atomic E-state index is -0.136. The summed E-state index contributed by atoms with van der Waals surface area (Å²) in [7, 11) is 0. The summed E-state index contributed by atoms with van der Waals surface area (Å²) in [6, 6.07) is 15.8. The molecule has 37 heavy (non-hydrogen) atoms. The highest BCUT2D eigenvalue weighted by molar-refractivity contribution is 9.10. The summed E-state index contributed by atoms with van der Waals surface area (Å²) < 4.78 is 0.913. The average Bonchev–Trinajstić information content (AvgIpc) is 3.62. The van der Waals surface area contributed by atoms with Crippen molar-refractivity contribution >= 4 is 45.1 Å². The van der Waals surface area contributed by atoms with E-state index in [-0.39, 0.29) is 17.7 Å². The van der Waals surface area contributed by atoms with E-state index >= 15 is 0 Å². The molecular weight excluding hydrogens is 528 g/mol. The lowest BCUT2D eigenvalue weighted by molar-refractivity contribution is -0.110. The smallest absolute Gasteiger partial charge is 0.256 e. The van der Waals surface area contributed by atoms with Crippen molar-refractivity contribution < 1.29 is 9.59 Å². The minimum Gasteiger partial charge on any atom is -0.357 e. The quantitative estimate of drug-likeness (QED) is 0.365. The van der Waals surface area contributed by atoms with Gasteiger partial charge in [-0.2, -0.15) is 0 Å². The van der Waals surface area contributed by atoms with Crippen molar-refractivity contribution in [3.05, 3.63) is 75.5 Å². The molecule has 1 unspecified atom stereocenters. The Morgan fingerprint density at radius 2 is 1.81 bits per heavy atom. The van der Waals surface area contributed by atoms with Crippen LogP contribution in [0.5, 0.6) is 0 Å². The molecule has 190 valence electrons. The number of nitrogens with zero attached hydrogens (tertiary/aromatic N) is 2. The monoisotopic (exact) mass is 558 g/mol. The molecule has 1 aromatic heterocycles. The first kappa shape index (κ1) is 24.2. The number of rotatable bonds is 6. The zero-order chi connectivity index (χ0) is 25.5. The largest absolute Gasteiger partial charge is 0.357 e. The molecule has 6 rings (SSSR count). The predicted octanol–water partition coefficient (Wildman–Crippen LogP) is 5.98. The van der Waals surface area contributed by atoms with Gasteiger partial charge >= 0.3 is 0 Å². The molecule has 1 saturated heterocycles. The molecule has 2 amide bonds. The molecule has 3 aromatic rings. The van der Waals surface area contributed by atoms with Crippen molar-refractivity contribution in [3.63, 3.8) is 0 Å². The lowest BCUT2D eigenvalue weighted by Gasteiger charge is -2.32. The molecular formula is C30H31BrN4O2. The van der Waals surface area contributed by atoms with Gasteiger partial charge < -0.3 is 20.1 Å². The SMILES string of the molecule is CC1CN(CCCN2CCCC2)C(=O)c2c1[nH]c(/C=C1\C(=O)Nc3ccc(Br)cc31)c2-c1ccccc1. The van der Waals surface area contributed by atoms with E-state index in [2.05, 4.69) is 38.1 Å². The Labute approximate surface area is 225 Å². The van der Waals surface area contributed by atoms with Crippen LogP contribution in [0.3, 0.4) is 0 Å². The van der Waals surface area contributed by atoms with Crippen LogP contribution in [-0.2, 0) is 4.79 Å². The van der Waals surface area contributed by atoms with Crippen LogP contribution in [-0.4, -0.2) is 59.3 Å². The van der Waals surface area contributed by atoms with Crippen molar-refractivity contribution in [2.24, 2.45) is 0 Å². The Balaban J connectivity index is 1.40. The molecule has 1 fully saturated rings. The lowest BCUT2D eigenvalue weighted by atomic mass is 9.91. The molecule has 0 bridgehead atoms. The van der Waals surface area contributed by atoms with Gasteiger partial charge in [0.2, 0.25) is 0 Å². The number of carbonyl (C=O) groups excluding carboxylic acids is 2. The number of benzene rings is 2. The van der Waals surface area contributed by atoms with E-state index in [1.54, 1.807) is 0 Å². The highest BCUT2D eigenvalue weighted by Gasteiger charge is 2.35. The van der Waals surface area contributed by atoms with E-state index in [4.69, 9.17) is 0 Å². The topological polar surface area (TPSA) is 68.4 Å². The minimum absolute atomic E-state index is 0.0771. The van der Waals surface area contributed by atoms with E-state index < -0.39 is 0 Å². The molecule has 1 atom stereocenters. The van der Waals surface area contributed by atoms with Gasteiger partial charge in [-0.1, -0.05) is 53.2 Å². The highest BCUT2D eigenvalue weighted by Crippen LogP contribution is 2.41. The third-order valence-electron chi connectivity index (χ3n) is 7.76. The fourth-order valence-corrected chi connectivity index (χ4v) is 6.30. The first-order valence-electron chi connectivity index (χ1n) is 13.2. The Hall–Kier alpha value is -3.16. The Bertz CT molecular complexity index is 1390. The summed E-state index contributed by atoms with van der Waals surface area (Å²) in [5, 5.41) is 2.97. The second-order valence-corrected chi connectivity index (χ2v) is 11.2. The van der Waals surface area contributed by atoms with Crippen LogP contribution in [0.4, 0.5) is 5.69 Å². The first-order valence-corrected chi connectivity index (χ1v) is 13.9. The summed E-state index contributed by atoms with van der Waals surface area (Å²) >= 11 is 3.53. The first-order chi connectivity index (χ1) is 18.0. The van der Waals surface area contributed by atoms with E-state index in [0.29, 0.717) is 12.1 Å². The van der Waals surface area contributed by atoms with Crippen molar-refractivity contribution in [2.45, 2.75) is 32.1 Å². The Morgan fingerprint density at radius 1 is 1.03 bits per heavy atom. The maximum atomic E-state index is 13.9. The molecule has 0 radical (unpaired) electrons. The van der Waals surface area contributed by atoms with Gasteiger partial charge in [-0.15, -0.1) is 0 Å². The highest BCUT2D eigenvalue weighted by atomic mass is 79.9. The number of aromatic amines is 1. The second kappa shape index (κ2) is 9.95. The number of halogens is 1. The molecule has 2 aromatic carbocycles. The molecule has 6 nitrogen and oxygen atoms in total. The zero-order valence-electron chi connectivity index (χ0n) is 21.0. The van der Waals surface area contributed by atoms with E-state index in [0.717, 1.165) is 63.3 Å². The number of hydrogen-bond donors (Lipinski definition) is 2. The summed E-state index contributed by atoms with van der Waals surface area (Å²) in [6.07, 6.45) is 5.46. The fourth-order valence-electron chi connectivity index (χ4n) is 5.94. The van der Waals surface area contributed by atoms with Crippen molar-refractivity contribution in [2.75, 3.05) is 38.0 Å². The molecule has 4 heterocycles. The number of carbonyl (C=O) groups is 2. The van der Waals surface area contributed by atoms with E-state index in [1.807, 2.05) is 59.5 Å². The standard InChI is InChI=1S/C30H31BrN4O2/c1-19-18-35(15-7-14-34-12-5-6-13-34)30(37)27-26(20-8-3-2-4-9-20)25(32-28(19)27)17-23-22-16-21(31)10-11-24(22)33-29(23)36/h2-4,8-11,16-17,19,32H,5-7,12-15,18H2,1H3,(H,33,36)/b23-17-. The number of H-pyrrole nitrogens is 1. The molecule has 0 aliphatic carbocycles. The number of nitrogens with one attached hydrogen (secondary N) is 2. The van der Waals surface area contributed by atoms with Crippen LogP contribution in [0.15, 0.2) is 53.0 Å². The van der Waals surface area contributed by atoms with Gasteiger partial charge in [0.05, 0.1) is 11.1 Å². The van der Waals surface area contributed by atoms with Gasteiger partial charge in [-0.05, 0) is 68.7 Å². The Morgan fingerprint density at radius 3 is 2.59 bits per heavy atom. The van der Waals surface area contributed by atoms with Gasteiger partial charge in [0.15, 0.2) is 0 Å². The number of aromatic nitrogens is 1. The molecule has 2 N–H and O–H groups in total. The van der Waals surface area contributed by atoms with Crippen molar-refractivity contribution in [3.8, 4) is 11.1 Å². The Kier molecular flexibility index (Phi) is 6.51. The van der Waals surface area contributed by atoms with Crippen LogP contribution < -0.4 is 5.32 Å². The number of amides is 2. The number of fused-ring (bicyclic) bond motifs is 2. The summed E-state index contributed by atoms with van der Waals surface area (Å²) in [5.74, 6) is 0.115. The van der Waals surface area contributed by atoms with Crippen LogP contribution >= 0.6 is 15.9 Å². The van der Waals surface area contributed by atoms with Crippen molar-refractivity contribution in [1.82, 2.24) is 14.8 Å². The fraction of sp³-hybridized carbons (Fsp3) is 0.333. The molecule has 0 spiro atoms. The number of likely N-dealkylation sites (tertiary alicyclic amines) is 1.